The van der Waals surface area contributed by atoms with E-state index in [-0.39, 0.29) is 0 Å². The lowest BCUT2D eigenvalue weighted by Gasteiger charge is -2.02. The van der Waals surface area contributed by atoms with Crippen molar-refractivity contribution in [1.29, 1.82) is 0 Å². The lowest BCUT2D eigenvalue weighted by molar-refractivity contribution is 0.587. The van der Waals surface area contributed by atoms with E-state index in [4.69, 9.17) is 0 Å². The molecular formula is C9H28N4. The molecule has 1 rings (SSSR count). The minimum atomic E-state index is 0.847. The zero-order valence-electron chi connectivity index (χ0n) is 9.64. The van der Waals surface area contributed by atoms with Gasteiger partial charge in [-0.05, 0) is 47.0 Å². The van der Waals surface area contributed by atoms with Crippen LogP contribution in [0.3, 0.4) is 0 Å². The van der Waals surface area contributed by atoms with E-state index in [0.29, 0.717) is 0 Å². The largest absolute Gasteiger partial charge is 0.333 e. The van der Waals surface area contributed by atoms with Crippen LogP contribution in [0.1, 0.15) is 26.2 Å². The van der Waals surface area contributed by atoms with Crippen molar-refractivity contribution in [2.75, 3.05) is 27.7 Å². The van der Waals surface area contributed by atoms with Gasteiger partial charge in [-0.3, -0.25) is 0 Å². The van der Waals surface area contributed by atoms with Crippen molar-refractivity contribution in [3.8, 4) is 0 Å². The van der Waals surface area contributed by atoms with Crippen molar-refractivity contribution in [3.63, 3.8) is 0 Å². The summed E-state index contributed by atoms with van der Waals surface area (Å²) in [6.45, 7) is 3.49. The lowest BCUT2D eigenvalue weighted by Crippen LogP contribution is -2.19. The van der Waals surface area contributed by atoms with Crippen LogP contribution in [0, 0.1) is 0 Å². The SMILES string of the molecule is CCC1CCCN1.CN.CN.CN. The van der Waals surface area contributed by atoms with Crippen LogP contribution in [0.4, 0.5) is 0 Å². The van der Waals surface area contributed by atoms with Gasteiger partial charge in [0.25, 0.3) is 0 Å². The average molecular weight is 192 g/mol. The molecule has 0 aromatic carbocycles. The average Bonchev–Trinajstić information content (AvgIpc) is 2.79. The third-order valence-electron chi connectivity index (χ3n) is 1.66. The number of nitrogens with one attached hydrogen (secondary N) is 1. The Morgan fingerprint density at radius 1 is 1.08 bits per heavy atom. The molecule has 0 radical (unpaired) electrons. The molecule has 84 valence electrons. The van der Waals surface area contributed by atoms with Gasteiger partial charge in [-0.25, -0.2) is 0 Å². The van der Waals surface area contributed by atoms with Gasteiger partial charge in [0.2, 0.25) is 0 Å². The minimum Gasteiger partial charge on any atom is -0.333 e. The predicted octanol–water partition coefficient (Wildman–Crippen LogP) is -0.127. The maximum Gasteiger partial charge on any atom is 0.00649 e. The predicted molar refractivity (Wildman–Crippen MR) is 61.6 cm³/mol. The Bertz CT molecular complexity index is 53.6. The van der Waals surface area contributed by atoms with E-state index in [1.807, 2.05) is 0 Å². The van der Waals surface area contributed by atoms with E-state index in [0.717, 1.165) is 6.04 Å². The van der Waals surface area contributed by atoms with E-state index in [1.54, 1.807) is 0 Å². The molecule has 0 saturated carbocycles. The van der Waals surface area contributed by atoms with Crippen LogP contribution >= 0.6 is 0 Å². The molecule has 1 heterocycles. The van der Waals surface area contributed by atoms with Gasteiger partial charge in [0.15, 0.2) is 0 Å². The molecule has 0 bridgehead atoms. The zero-order chi connectivity index (χ0) is 11.1. The minimum absolute atomic E-state index is 0.847. The Kier molecular flexibility index (Phi) is 32.4. The second-order valence-electron chi connectivity index (χ2n) is 2.20. The lowest BCUT2D eigenvalue weighted by atomic mass is 10.2. The van der Waals surface area contributed by atoms with Gasteiger partial charge < -0.3 is 22.5 Å². The topological polar surface area (TPSA) is 90.1 Å². The first-order chi connectivity index (χ1) is 6.43. The van der Waals surface area contributed by atoms with Crippen molar-refractivity contribution in [3.05, 3.63) is 0 Å². The molecule has 7 N–H and O–H groups in total. The van der Waals surface area contributed by atoms with Crippen LogP contribution in [0.25, 0.3) is 0 Å². The summed E-state index contributed by atoms with van der Waals surface area (Å²) < 4.78 is 0. The number of nitrogens with two attached hydrogens (primary N) is 3. The van der Waals surface area contributed by atoms with Gasteiger partial charge in [0.05, 0.1) is 0 Å². The summed E-state index contributed by atoms with van der Waals surface area (Å²) in [4.78, 5) is 0. The van der Waals surface area contributed by atoms with E-state index in [1.165, 1.54) is 47.0 Å². The van der Waals surface area contributed by atoms with Crippen LogP contribution in [-0.2, 0) is 0 Å². The molecule has 1 saturated heterocycles. The quantitative estimate of drug-likeness (QED) is 0.466. The van der Waals surface area contributed by atoms with Gasteiger partial charge in [-0.15, -0.1) is 0 Å². The van der Waals surface area contributed by atoms with Crippen LogP contribution in [-0.4, -0.2) is 33.7 Å². The number of rotatable bonds is 1. The number of hydrogen-bond acceptors (Lipinski definition) is 4. The van der Waals surface area contributed by atoms with E-state index >= 15 is 0 Å². The summed E-state index contributed by atoms with van der Waals surface area (Å²) >= 11 is 0. The van der Waals surface area contributed by atoms with Crippen molar-refractivity contribution in [2.24, 2.45) is 17.2 Å². The fourth-order valence-corrected chi connectivity index (χ4v) is 1.11. The molecule has 1 fully saturated rings. The second-order valence-corrected chi connectivity index (χ2v) is 2.20. The zero-order valence-corrected chi connectivity index (χ0v) is 9.64. The Balaban J connectivity index is -0.000000144. The van der Waals surface area contributed by atoms with E-state index in [9.17, 15) is 0 Å². The van der Waals surface area contributed by atoms with Crippen LogP contribution in [0.15, 0.2) is 0 Å². The normalized spacial score (nSPS) is 18.2. The van der Waals surface area contributed by atoms with Crippen LogP contribution < -0.4 is 22.5 Å². The molecule has 0 amide bonds. The molecule has 13 heavy (non-hydrogen) atoms. The molecular weight excluding hydrogens is 164 g/mol. The van der Waals surface area contributed by atoms with E-state index in [2.05, 4.69) is 29.4 Å². The summed E-state index contributed by atoms with van der Waals surface area (Å²) in [5, 5.41) is 3.41. The summed E-state index contributed by atoms with van der Waals surface area (Å²) in [6, 6.07) is 0.847. The van der Waals surface area contributed by atoms with Crippen molar-refractivity contribution in [2.45, 2.75) is 32.2 Å². The molecule has 1 aliphatic rings. The molecule has 0 aliphatic carbocycles. The molecule has 0 aromatic rings. The van der Waals surface area contributed by atoms with Gasteiger partial charge in [0.1, 0.15) is 0 Å². The standard InChI is InChI=1S/C6H13N.3CH5N/c1-2-6-4-3-5-7-6;3*1-2/h6-7H,2-5H2,1H3;3*2H2,1H3. The second kappa shape index (κ2) is 22.6. The first-order valence-corrected chi connectivity index (χ1v) is 4.90. The first-order valence-electron chi connectivity index (χ1n) is 4.90. The third kappa shape index (κ3) is 14.7. The highest BCUT2D eigenvalue weighted by molar-refractivity contribution is 4.71. The molecule has 1 atom stereocenters. The van der Waals surface area contributed by atoms with Crippen LogP contribution in [0.5, 0.6) is 0 Å². The molecule has 0 aromatic heterocycles. The molecule has 4 heteroatoms. The molecule has 4 nitrogen and oxygen atoms in total. The van der Waals surface area contributed by atoms with Gasteiger partial charge in [0, 0.05) is 6.04 Å². The Labute approximate surface area is 83.2 Å². The fourth-order valence-electron chi connectivity index (χ4n) is 1.11. The summed E-state index contributed by atoms with van der Waals surface area (Å²) in [7, 11) is 4.50. The first kappa shape index (κ1) is 18.6. The van der Waals surface area contributed by atoms with Crippen LogP contribution in [0.2, 0.25) is 0 Å². The summed E-state index contributed by atoms with van der Waals surface area (Å²) in [6.07, 6.45) is 4.09. The highest BCUT2D eigenvalue weighted by atomic mass is 14.9. The van der Waals surface area contributed by atoms with Gasteiger partial charge in [-0.1, -0.05) is 6.92 Å². The monoisotopic (exact) mass is 192 g/mol. The molecule has 0 spiro atoms. The molecule has 1 unspecified atom stereocenters. The highest BCUT2D eigenvalue weighted by Crippen LogP contribution is 2.06. The maximum atomic E-state index is 4.50. The van der Waals surface area contributed by atoms with Gasteiger partial charge in [-0.2, -0.15) is 0 Å². The molecule has 1 aliphatic heterocycles. The van der Waals surface area contributed by atoms with Crippen molar-refractivity contribution in [1.82, 2.24) is 5.32 Å². The fraction of sp³-hybridized carbons (Fsp3) is 1.00. The smallest absolute Gasteiger partial charge is 0.00649 e. The Hall–Kier alpha value is -0.160. The summed E-state index contributed by atoms with van der Waals surface area (Å²) in [5.41, 5.74) is 13.5. The van der Waals surface area contributed by atoms with Gasteiger partial charge >= 0.3 is 0 Å². The van der Waals surface area contributed by atoms with Crippen molar-refractivity contribution < 1.29 is 0 Å². The number of hydrogen-bond donors (Lipinski definition) is 4. The Morgan fingerprint density at radius 3 is 1.69 bits per heavy atom. The van der Waals surface area contributed by atoms with Crippen molar-refractivity contribution >= 4 is 0 Å². The Morgan fingerprint density at radius 2 is 1.54 bits per heavy atom. The van der Waals surface area contributed by atoms with E-state index < -0.39 is 0 Å². The summed E-state index contributed by atoms with van der Waals surface area (Å²) in [5.74, 6) is 0. The maximum absolute atomic E-state index is 4.50. The third-order valence-corrected chi connectivity index (χ3v) is 1.66. The highest BCUT2D eigenvalue weighted by Gasteiger charge is 2.09.